The Morgan fingerprint density at radius 3 is 2.07 bits per heavy atom. The predicted octanol–water partition coefficient (Wildman–Crippen LogP) is -3.28. The fraction of sp³-hybridized carbons (Fsp3) is 0.489. The number of nitrogens with two attached hydrogens (primary N) is 4. The number of aromatic amines is 1. The smallest absolute Gasteiger partial charge is 0.245 e. The van der Waals surface area contributed by atoms with E-state index < -0.39 is 108 Å². The van der Waals surface area contributed by atoms with Gasteiger partial charge in [0, 0.05) is 50.0 Å². The van der Waals surface area contributed by atoms with Gasteiger partial charge in [0.1, 0.15) is 42.3 Å². The number of hydrogen-bond donors (Lipinski definition) is 14. The maximum atomic E-state index is 14.4. The number of amides is 9. The maximum Gasteiger partial charge on any atom is 0.245 e. The molecule has 1 fully saturated rings. The van der Waals surface area contributed by atoms with E-state index in [1.54, 1.807) is 36.5 Å². The summed E-state index contributed by atoms with van der Waals surface area (Å²) in [6, 6.07) is 6.04. The summed E-state index contributed by atoms with van der Waals surface area (Å²) in [7, 11) is 0. The van der Waals surface area contributed by atoms with Gasteiger partial charge in [-0.1, -0.05) is 48.5 Å². The third kappa shape index (κ3) is 18.7. The summed E-state index contributed by atoms with van der Waals surface area (Å²) in [5.41, 5.74) is 24.4. The van der Waals surface area contributed by atoms with Crippen LogP contribution in [0.5, 0.6) is 0 Å². The van der Waals surface area contributed by atoms with Crippen molar-refractivity contribution in [1.29, 1.82) is 0 Å². The van der Waals surface area contributed by atoms with Crippen molar-refractivity contribution < 1.29 is 48.3 Å². The number of nitrogens with zero attached hydrogens (tertiary/aromatic N) is 1. The monoisotopic (exact) mass is 989 g/mol. The Morgan fingerprint density at radius 1 is 0.761 bits per heavy atom. The highest BCUT2D eigenvalue weighted by Gasteiger charge is 2.35. The van der Waals surface area contributed by atoms with E-state index in [4.69, 9.17) is 22.9 Å². The Labute approximate surface area is 410 Å². The highest BCUT2D eigenvalue weighted by atomic mass is 16.3. The van der Waals surface area contributed by atoms with Crippen LogP contribution < -0.4 is 65.5 Å². The number of primary amides is 1. The summed E-state index contributed by atoms with van der Waals surface area (Å²) < 4.78 is 0. The molecule has 18 N–H and O–H groups in total. The standard InChI is InChI=1S/C47H68N14O10/c1-27(63)55-33(18-11-21-53-47(50)51)41(66)60-37-24-39(64)52-20-10-8-16-32(40(49)65)56-44(69)36(23-29-25-54-31-15-6-5-14-30(29)31)59-42(67)34(17-7-9-19-48)57-43(68)35(22-28-12-3-2-4-13-28)58-46(71)38(26-62)61-45(37)70/h2-6,12-15,25,32-38,54,62H,7-11,16-24,26,48H2,1H3,(H2,49,65)(H,52,64)(H,55,63)(H,56,69)(H,57,68)(H,58,71)(H,59,67)(H,60,66)(H,61,70)(H4,50,51,53)/t32-,33-,34-,35+,36-,37?,38-/m0/s1. The normalized spacial score (nSPS) is 21.7. The molecule has 9 amide bonds. The van der Waals surface area contributed by atoms with Gasteiger partial charge in [-0.2, -0.15) is 0 Å². The molecule has 0 radical (unpaired) electrons. The van der Waals surface area contributed by atoms with Gasteiger partial charge in [0.25, 0.3) is 0 Å². The topological polar surface area (TPSA) is 402 Å². The van der Waals surface area contributed by atoms with Crippen molar-refractivity contribution in [3.63, 3.8) is 0 Å². The minimum Gasteiger partial charge on any atom is -0.394 e. The number of aliphatic imine (C=N–C) groups is 1. The molecule has 386 valence electrons. The van der Waals surface area contributed by atoms with Gasteiger partial charge >= 0.3 is 0 Å². The SMILES string of the molecule is CC(=O)N[C@@H](CCCN=C(N)N)C(=O)NC1CC(=O)NCCCC[C@@H](C(N)=O)NC(=O)[C@H](Cc2c[nH]c3ccccc23)NC(=O)[C@H](CCCCN)NC(=O)[C@@H](Cc2ccccc2)NC(=O)[C@H](CO)NC1=O. The number of carbonyl (C=O) groups is 9. The Hall–Kier alpha value is -7.60. The number of aliphatic hydroxyl groups excluding tert-OH is 1. The van der Waals surface area contributed by atoms with Gasteiger partial charge < -0.3 is 75.6 Å². The fourth-order valence-corrected chi connectivity index (χ4v) is 7.85. The van der Waals surface area contributed by atoms with Crippen molar-refractivity contribution in [2.75, 3.05) is 26.2 Å². The van der Waals surface area contributed by atoms with Gasteiger partial charge in [-0.05, 0) is 75.1 Å². The van der Waals surface area contributed by atoms with Crippen molar-refractivity contribution >= 4 is 70.0 Å². The number of H-pyrrole nitrogens is 1. The van der Waals surface area contributed by atoms with Crippen LogP contribution in [0.2, 0.25) is 0 Å². The van der Waals surface area contributed by atoms with E-state index in [0.717, 1.165) is 10.9 Å². The largest absolute Gasteiger partial charge is 0.394 e. The van der Waals surface area contributed by atoms with Crippen LogP contribution in [0.4, 0.5) is 0 Å². The zero-order chi connectivity index (χ0) is 51.9. The van der Waals surface area contributed by atoms with Crippen LogP contribution in [-0.2, 0) is 56.0 Å². The molecule has 1 unspecified atom stereocenters. The van der Waals surface area contributed by atoms with E-state index in [1.165, 1.54) is 6.92 Å². The third-order valence-electron chi connectivity index (χ3n) is 11.6. The molecule has 2 aromatic carbocycles. The van der Waals surface area contributed by atoms with Crippen LogP contribution in [0.3, 0.4) is 0 Å². The van der Waals surface area contributed by atoms with Crippen molar-refractivity contribution in [2.24, 2.45) is 27.9 Å². The average Bonchev–Trinajstić information content (AvgIpc) is 3.74. The van der Waals surface area contributed by atoms with Crippen molar-refractivity contribution in [2.45, 2.75) is 120 Å². The molecule has 1 saturated heterocycles. The molecule has 4 rings (SSSR count). The van der Waals surface area contributed by atoms with E-state index in [0.29, 0.717) is 24.0 Å². The van der Waals surface area contributed by atoms with Crippen LogP contribution in [0, 0.1) is 0 Å². The summed E-state index contributed by atoms with van der Waals surface area (Å²) in [4.78, 5) is 130. The number of hydrogen-bond acceptors (Lipinski definition) is 12. The Balaban J connectivity index is 1.72. The summed E-state index contributed by atoms with van der Waals surface area (Å²) in [6.45, 7) is 0.567. The number of guanidine groups is 1. The van der Waals surface area contributed by atoms with E-state index >= 15 is 0 Å². The summed E-state index contributed by atoms with van der Waals surface area (Å²) in [5.74, 6) is -7.67. The second-order valence-corrected chi connectivity index (χ2v) is 17.2. The second kappa shape index (κ2) is 28.8. The molecule has 0 saturated carbocycles. The molecule has 1 aliphatic rings. The number of aliphatic hydroxyl groups is 1. The summed E-state index contributed by atoms with van der Waals surface area (Å²) in [5, 5.41) is 32.0. The lowest BCUT2D eigenvalue weighted by molar-refractivity contribution is -0.136. The number of unbranched alkanes of at least 4 members (excludes halogenated alkanes) is 1. The van der Waals surface area contributed by atoms with Crippen LogP contribution in [0.15, 0.2) is 65.8 Å². The molecule has 3 aromatic rings. The molecule has 1 aromatic heterocycles. The van der Waals surface area contributed by atoms with Crippen LogP contribution in [0.1, 0.15) is 75.8 Å². The molecule has 24 nitrogen and oxygen atoms in total. The number of para-hydroxylation sites is 1. The van der Waals surface area contributed by atoms with Crippen LogP contribution >= 0.6 is 0 Å². The van der Waals surface area contributed by atoms with E-state index in [2.05, 4.69) is 52.5 Å². The predicted molar refractivity (Wildman–Crippen MR) is 262 cm³/mol. The van der Waals surface area contributed by atoms with Gasteiger partial charge in [0.15, 0.2) is 5.96 Å². The Bertz CT molecular complexity index is 2340. The lowest BCUT2D eigenvalue weighted by Crippen LogP contribution is -2.61. The Kier molecular flexibility index (Phi) is 22.7. The van der Waals surface area contributed by atoms with Crippen LogP contribution in [-0.4, -0.2) is 138 Å². The third-order valence-corrected chi connectivity index (χ3v) is 11.6. The van der Waals surface area contributed by atoms with Crippen molar-refractivity contribution in [3.05, 3.63) is 71.9 Å². The minimum absolute atomic E-state index is 0.0101. The lowest BCUT2D eigenvalue weighted by atomic mass is 10.0. The van der Waals surface area contributed by atoms with Crippen molar-refractivity contribution in [1.82, 2.24) is 47.5 Å². The van der Waals surface area contributed by atoms with Gasteiger partial charge in [0.05, 0.1) is 13.0 Å². The molecule has 0 bridgehead atoms. The molecule has 0 spiro atoms. The highest BCUT2D eigenvalue weighted by molar-refractivity contribution is 5.99. The molecule has 24 heteroatoms. The Morgan fingerprint density at radius 2 is 1.39 bits per heavy atom. The maximum absolute atomic E-state index is 14.4. The minimum atomic E-state index is -1.74. The molecule has 71 heavy (non-hydrogen) atoms. The van der Waals surface area contributed by atoms with Gasteiger partial charge in [-0.25, -0.2) is 0 Å². The number of aromatic nitrogens is 1. The number of rotatable bonds is 17. The zero-order valence-corrected chi connectivity index (χ0v) is 39.8. The quantitative estimate of drug-likeness (QED) is 0.0359. The van der Waals surface area contributed by atoms with E-state index in [1.807, 2.05) is 24.3 Å². The number of nitrogens with one attached hydrogen (secondary N) is 9. The summed E-state index contributed by atoms with van der Waals surface area (Å²) >= 11 is 0. The first-order valence-corrected chi connectivity index (χ1v) is 23.6. The first kappa shape index (κ1) is 56.0. The molecule has 7 atom stereocenters. The first-order chi connectivity index (χ1) is 34.0. The highest BCUT2D eigenvalue weighted by Crippen LogP contribution is 2.20. The van der Waals surface area contributed by atoms with E-state index in [-0.39, 0.29) is 77.0 Å². The molecular formula is C47H68N14O10. The summed E-state index contributed by atoms with van der Waals surface area (Å²) in [6.07, 6.45) is 2.52. The molecule has 2 heterocycles. The first-order valence-electron chi connectivity index (χ1n) is 23.6. The van der Waals surface area contributed by atoms with Gasteiger partial charge in [-0.15, -0.1) is 0 Å². The molecular weight excluding hydrogens is 921 g/mol. The zero-order valence-electron chi connectivity index (χ0n) is 39.8. The molecule has 1 aliphatic heterocycles. The fourth-order valence-electron chi connectivity index (χ4n) is 7.85. The van der Waals surface area contributed by atoms with Crippen molar-refractivity contribution in [3.8, 4) is 0 Å². The lowest BCUT2D eigenvalue weighted by Gasteiger charge is -2.27. The number of benzene rings is 2. The van der Waals surface area contributed by atoms with Gasteiger partial charge in [-0.3, -0.25) is 48.1 Å². The van der Waals surface area contributed by atoms with Crippen LogP contribution in [0.25, 0.3) is 10.9 Å². The van der Waals surface area contributed by atoms with E-state index in [9.17, 15) is 48.3 Å². The molecule has 0 aliphatic carbocycles. The average molecular weight is 989 g/mol. The second-order valence-electron chi connectivity index (χ2n) is 17.2. The van der Waals surface area contributed by atoms with Gasteiger partial charge in [0.2, 0.25) is 53.2 Å². The number of fused-ring (bicyclic) bond motifs is 1. The number of carbonyl (C=O) groups excluding carboxylic acids is 9.